The molecule has 1 aliphatic carbocycles. The van der Waals surface area contributed by atoms with Gasteiger partial charge in [-0.25, -0.2) is 0 Å². The molecule has 0 spiro atoms. The Morgan fingerprint density at radius 1 is 1.61 bits per heavy atom. The molecule has 1 aromatic rings. The van der Waals surface area contributed by atoms with Crippen molar-refractivity contribution in [2.75, 3.05) is 0 Å². The number of benzene rings is 1. The summed E-state index contributed by atoms with van der Waals surface area (Å²) in [6, 6.07) is 6.33. The number of carbonyl (C=O) groups excluding carboxylic acids is 1. The molecule has 0 bridgehead atoms. The number of halogens is 1. The molecular weight excluding hydrogens is 292 g/mol. The lowest BCUT2D eigenvalue weighted by molar-refractivity contribution is -0.125. The molecule has 2 unspecified atom stereocenters. The Morgan fingerprint density at radius 2 is 2.33 bits per heavy atom. The molecule has 4 heteroatoms. The van der Waals surface area contributed by atoms with E-state index >= 15 is 0 Å². The number of amides is 1. The van der Waals surface area contributed by atoms with Crippen LogP contribution in [0.15, 0.2) is 22.7 Å². The first-order chi connectivity index (χ1) is 8.49. The van der Waals surface area contributed by atoms with Crippen LogP contribution in [0.1, 0.15) is 37.8 Å². The van der Waals surface area contributed by atoms with Gasteiger partial charge in [-0.1, -0.05) is 28.9 Å². The van der Waals surface area contributed by atoms with Gasteiger partial charge in [0.05, 0.1) is 0 Å². The first-order valence-corrected chi connectivity index (χ1v) is 7.15. The Morgan fingerprint density at radius 3 is 2.94 bits per heavy atom. The summed E-state index contributed by atoms with van der Waals surface area (Å²) in [5.74, 6) is -0.274. The van der Waals surface area contributed by atoms with E-state index in [-0.39, 0.29) is 11.9 Å². The number of fused-ring (bicyclic) bond motifs is 1. The van der Waals surface area contributed by atoms with Gasteiger partial charge >= 0.3 is 0 Å². The number of rotatable bonds is 4. The molecule has 0 aromatic heterocycles. The summed E-state index contributed by atoms with van der Waals surface area (Å²) in [4.78, 5) is 12.0. The summed E-state index contributed by atoms with van der Waals surface area (Å²) >= 11 is 3.47. The Hall–Kier alpha value is -0.870. The third kappa shape index (κ3) is 2.19. The van der Waals surface area contributed by atoms with E-state index in [4.69, 9.17) is 5.73 Å². The molecule has 1 aromatic carbocycles. The van der Waals surface area contributed by atoms with Gasteiger partial charge in [-0.2, -0.15) is 0 Å². The van der Waals surface area contributed by atoms with Crippen molar-refractivity contribution < 1.29 is 4.79 Å². The zero-order chi connectivity index (χ0) is 13.3. The molecule has 0 saturated carbocycles. The van der Waals surface area contributed by atoms with E-state index < -0.39 is 5.54 Å². The Balaban J connectivity index is 2.44. The minimum atomic E-state index is -0.689. The summed E-state index contributed by atoms with van der Waals surface area (Å²) in [5.41, 5.74) is 7.23. The third-order valence-corrected chi connectivity index (χ3v) is 4.32. The molecule has 1 amide bonds. The maximum absolute atomic E-state index is 12.0. The van der Waals surface area contributed by atoms with Gasteiger partial charge in [-0.05, 0) is 49.4 Å². The topological polar surface area (TPSA) is 55.1 Å². The first-order valence-electron chi connectivity index (χ1n) is 6.36. The molecule has 0 fully saturated rings. The highest BCUT2D eigenvalue weighted by atomic mass is 79.9. The maximum atomic E-state index is 12.0. The molecule has 98 valence electrons. The number of hydrogen-bond donors (Lipinski definition) is 2. The van der Waals surface area contributed by atoms with Crippen molar-refractivity contribution in [3.63, 3.8) is 0 Å². The van der Waals surface area contributed by atoms with Crippen molar-refractivity contribution in [2.45, 2.75) is 44.7 Å². The fourth-order valence-corrected chi connectivity index (χ4v) is 3.05. The van der Waals surface area contributed by atoms with Crippen molar-refractivity contribution in [3.8, 4) is 0 Å². The molecule has 0 heterocycles. The number of primary amides is 1. The lowest BCUT2D eigenvalue weighted by atomic mass is 9.89. The average molecular weight is 311 g/mol. The molecule has 3 nitrogen and oxygen atoms in total. The van der Waals surface area contributed by atoms with E-state index in [0.717, 1.165) is 29.3 Å². The van der Waals surface area contributed by atoms with E-state index in [2.05, 4.69) is 41.2 Å². The van der Waals surface area contributed by atoms with Gasteiger partial charge in [0.1, 0.15) is 5.54 Å². The van der Waals surface area contributed by atoms with Crippen molar-refractivity contribution in [2.24, 2.45) is 5.73 Å². The predicted molar refractivity (Wildman–Crippen MR) is 76.2 cm³/mol. The SMILES string of the molecule is CCC(C)NC1(C(N)=O)CCc2cc(Br)ccc21. The van der Waals surface area contributed by atoms with E-state index in [1.54, 1.807) is 0 Å². The quantitative estimate of drug-likeness (QED) is 0.897. The minimum Gasteiger partial charge on any atom is -0.368 e. The number of carbonyl (C=O) groups is 1. The number of nitrogens with one attached hydrogen (secondary N) is 1. The van der Waals surface area contributed by atoms with Gasteiger partial charge in [0.15, 0.2) is 0 Å². The molecular formula is C14H19BrN2O. The summed E-state index contributed by atoms with van der Waals surface area (Å²) < 4.78 is 1.05. The third-order valence-electron chi connectivity index (χ3n) is 3.82. The van der Waals surface area contributed by atoms with Gasteiger partial charge in [0, 0.05) is 10.5 Å². The van der Waals surface area contributed by atoms with Crippen LogP contribution < -0.4 is 11.1 Å². The van der Waals surface area contributed by atoms with Crippen LogP contribution in [0.25, 0.3) is 0 Å². The minimum absolute atomic E-state index is 0.270. The lowest BCUT2D eigenvalue weighted by Gasteiger charge is -2.31. The average Bonchev–Trinajstić information content (AvgIpc) is 2.68. The lowest BCUT2D eigenvalue weighted by Crippen LogP contribution is -2.54. The van der Waals surface area contributed by atoms with Gasteiger partial charge in [0.25, 0.3) is 0 Å². The summed E-state index contributed by atoms with van der Waals surface area (Å²) in [5, 5.41) is 3.43. The number of aryl methyl sites for hydroxylation is 1. The van der Waals surface area contributed by atoms with Gasteiger partial charge in [0.2, 0.25) is 5.91 Å². The Kier molecular flexibility index (Phi) is 3.78. The summed E-state index contributed by atoms with van der Waals surface area (Å²) in [6.07, 6.45) is 2.61. The molecule has 0 radical (unpaired) electrons. The number of hydrogen-bond acceptors (Lipinski definition) is 2. The largest absolute Gasteiger partial charge is 0.368 e. The zero-order valence-electron chi connectivity index (χ0n) is 10.8. The van der Waals surface area contributed by atoms with Crippen LogP contribution in [0.3, 0.4) is 0 Å². The van der Waals surface area contributed by atoms with Crippen molar-refractivity contribution in [1.29, 1.82) is 0 Å². The fraction of sp³-hybridized carbons (Fsp3) is 0.500. The summed E-state index contributed by atoms with van der Waals surface area (Å²) in [6.45, 7) is 4.19. The van der Waals surface area contributed by atoms with E-state index in [1.807, 2.05) is 12.1 Å². The number of nitrogens with two attached hydrogens (primary N) is 1. The highest BCUT2D eigenvalue weighted by Gasteiger charge is 2.44. The first kappa shape index (κ1) is 13.6. The predicted octanol–water partition coefficient (Wildman–Crippen LogP) is 2.46. The van der Waals surface area contributed by atoms with Crippen molar-refractivity contribution in [3.05, 3.63) is 33.8 Å². The van der Waals surface area contributed by atoms with Crippen LogP contribution in [0.2, 0.25) is 0 Å². The van der Waals surface area contributed by atoms with Crippen LogP contribution in [-0.4, -0.2) is 11.9 Å². The standard InChI is InChI=1S/C14H19BrN2O/c1-3-9(2)17-14(13(16)18)7-6-10-8-11(15)4-5-12(10)14/h4-5,8-9,17H,3,6-7H2,1-2H3,(H2,16,18). The Bertz CT molecular complexity index is 475. The van der Waals surface area contributed by atoms with Crippen LogP contribution in [-0.2, 0) is 16.8 Å². The molecule has 2 rings (SSSR count). The molecule has 0 saturated heterocycles. The molecule has 3 N–H and O–H groups in total. The second kappa shape index (κ2) is 5.02. The van der Waals surface area contributed by atoms with Crippen LogP contribution in [0, 0.1) is 0 Å². The Labute approximate surface area is 116 Å². The molecule has 2 atom stereocenters. The second-order valence-corrected chi connectivity index (χ2v) is 5.94. The monoisotopic (exact) mass is 310 g/mol. The smallest absolute Gasteiger partial charge is 0.242 e. The maximum Gasteiger partial charge on any atom is 0.242 e. The molecule has 1 aliphatic rings. The fourth-order valence-electron chi connectivity index (χ4n) is 2.64. The van der Waals surface area contributed by atoms with Crippen LogP contribution in [0.4, 0.5) is 0 Å². The normalized spacial score (nSPS) is 23.7. The van der Waals surface area contributed by atoms with Gasteiger partial charge in [-0.15, -0.1) is 0 Å². The zero-order valence-corrected chi connectivity index (χ0v) is 12.4. The van der Waals surface area contributed by atoms with Crippen molar-refractivity contribution in [1.82, 2.24) is 5.32 Å². The highest BCUT2D eigenvalue weighted by molar-refractivity contribution is 9.10. The van der Waals surface area contributed by atoms with Crippen LogP contribution in [0.5, 0.6) is 0 Å². The van der Waals surface area contributed by atoms with Gasteiger partial charge < -0.3 is 5.73 Å². The molecule has 0 aliphatic heterocycles. The summed E-state index contributed by atoms with van der Waals surface area (Å²) in [7, 11) is 0. The van der Waals surface area contributed by atoms with Gasteiger partial charge in [-0.3, -0.25) is 10.1 Å². The van der Waals surface area contributed by atoms with E-state index in [0.29, 0.717) is 0 Å². The van der Waals surface area contributed by atoms with Crippen LogP contribution >= 0.6 is 15.9 Å². The van der Waals surface area contributed by atoms with Crippen molar-refractivity contribution >= 4 is 21.8 Å². The van der Waals surface area contributed by atoms with E-state index in [9.17, 15) is 4.79 Å². The van der Waals surface area contributed by atoms with E-state index in [1.165, 1.54) is 5.56 Å². The molecule has 18 heavy (non-hydrogen) atoms. The second-order valence-electron chi connectivity index (χ2n) is 5.02. The highest BCUT2D eigenvalue weighted by Crippen LogP contribution is 2.38.